The van der Waals surface area contributed by atoms with Crippen molar-refractivity contribution in [2.24, 2.45) is 11.8 Å². The number of hydrogen-bond donors (Lipinski definition) is 0. The van der Waals surface area contributed by atoms with Crippen LogP contribution in [0.1, 0.15) is 49.3 Å². The summed E-state index contributed by atoms with van der Waals surface area (Å²) in [6.45, 7) is 2.41. The summed E-state index contributed by atoms with van der Waals surface area (Å²) in [6, 6.07) is 33.6. The molecule has 1 saturated carbocycles. The molecule has 0 radical (unpaired) electrons. The van der Waals surface area contributed by atoms with E-state index < -0.39 is 0 Å². The molecule has 0 nitrogen and oxygen atoms in total. The second-order valence-electron chi connectivity index (χ2n) is 7.86. The van der Waals surface area contributed by atoms with Crippen molar-refractivity contribution >= 4 is 0 Å². The maximum atomic E-state index is 2.41. The van der Waals surface area contributed by atoms with E-state index >= 15 is 0 Å². The maximum Gasteiger partial charge on any atom is 0.0479 e. The number of benzene rings is 3. The van der Waals surface area contributed by atoms with Crippen LogP contribution >= 0.6 is 0 Å². The van der Waals surface area contributed by atoms with E-state index in [0.29, 0.717) is 5.92 Å². The molecule has 3 aromatic rings. The lowest BCUT2D eigenvalue weighted by molar-refractivity contribution is 0.229. The van der Waals surface area contributed by atoms with Gasteiger partial charge in [-0.2, -0.15) is 0 Å². The minimum absolute atomic E-state index is 0.0656. The lowest BCUT2D eigenvalue weighted by Gasteiger charge is -2.45. The Morgan fingerprint density at radius 3 is 1.23 bits per heavy atom. The van der Waals surface area contributed by atoms with E-state index in [1.54, 1.807) is 0 Å². The molecule has 4 rings (SSSR count). The van der Waals surface area contributed by atoms with Crippen molar-refractivity contribution in [1.29, 1.82) is 0 Å². The Morgan fingerprint density at radius 1 is 0.538 bits per heavy atom. The quantitative estimate of drug-likeness (QED) is 0.456. The van der Waals surface area contributed by atoms with E-state index in [4.69, 9.17) is 0 Å². The minimum atomic E-state index is -0.0656. The Bertz CT molecular complexity index is 700. The predicted octanol–water partition coefficient (Wildman–Crippen LogP) is 6.85. The Balaban J connectivity index is 1.97. The first-order chi connectivity index (χ1) is 12.8. The molecule has 0 heterocycles. The van der Waals surface area contributed by atoms with Gasteiger partial charge in [-0.1, -0.05) is 111 Å². The summed E-state index contributed by atoms with van der Waals surface area (Å²) in [6.07, 6.45) is 5.25. The van der Waals surface area contributed by atoms with Crippen LogP contribution in [0.5, 0.6) is 0 Å². The summed E-state index contributed by atoms with van der Waals surface area (Å²) in [4.78, 5) is 0. The second kappa shape index (κ2) is 7.50. The lowest BCUT2D eigenvalue weighted by atomic mass is 9.57. The lowest BCUT2D eigenvalue weighted by Crippen LogP contribution is -2.39. The molecule has 1 fully saturated rings. The van der Waals surface area contributed by atoms with Crippen molar-refractivity contribution < 1.29 is 0 Å². The van der Waals surface area contributed by atoms with E-state index in [-0.39, 0.29) is 5.41 Å². The molecule has 0 N–H and O–H groups in total. The third-order valence-corrected chi connectivity index (χ3v) is 6.32. The SMILES string of the molecule is CC1CCC(C(c2ccccc2)(c2ccccc2)c2ccccc2)CC1. The molecule has 0 aromatic heterocycles. The normalized spacial score (nSPS) is 20.7. The molecule has 3 aromatic carbocycles. The molecule has 0 saturated heterocycles. The van der Waals surface area contributed by atoms with Crippen LogP contribution in [0.2, 0.25) is 0 Å². The van der Waals surface area contributed by atoms with E-state index in [9.17, 15) is 0 Å². The third-order valence-electron chi connectivity index (χ3n) is 6.32. The zero-order valence-corrected chi connectivity index (χ0v) is 15.6. The maximum absolute atomic E-state index is 2.41. The molecule has 0 unspecified atom stereocenters. The fourth-order valence-corrected chi connectivity index (χ4v) is 5.00. The van der Waals surface area contributed by atoms with Crippen LogP contribution in [0.4, 0.5) is 0 Å². The van der Waals surface area contributed by atoms with Crippen molar-refractivity contribution in [3.05, 3.63) is 108 Å². The van der Waals surface area contributed by atoms with Gasteiger partial charge in [-0.3, -0.25) is 0 Å². The van der Waals surface area contributed by atoms with Crippen molar-refractivity contribution in [3.8, 4) is 0 Å². The Hall–Kier alpha value is -2.34. The van der Waals surface area contributed by atoms with Gasteiger partial charge in [-0.25, -0.2) is 0 Å². The average Bonchev–Trinajstić information content (AvgIpc) is 2.72. The first kappa shape index (κ1) is 17.1. The van der Waals surface area contributed by atoms with Gasteiger partial charge < -0.3 is 0 Å². The topological polar surface area (TPSA) is 0 Å². The molecule has 132 valence electrons. The van der Waals surface area contributed by atoms with Crippen LogP contribution in [0, 0.1) is 11.8 Å². The van der Waals surface area contributed by atoms with Crippen LogP contribution in [0.15, 0.2) is 91.0 Å². The van der Waals surface area contributed by atoms with Crippen LogP contribution in [-0.2, 0) is 5.41 Å². The summed E-state index contributed by atoms with van der Waals surface area (Å²) in [5.41, 5.74) is 4.22. The van der Waals surface area contributed by atoms with Gasteiger partial charge in [0, 0.05) is 5.41 Å². The fourth-order valence-electron chi connectivity index (χ4n) is 5.00. The number of rotatable bonds is 4. The van der Waals surface area contributed by atoms with Crippen molar-refractivity contribution in [1.82, 2.24) is 0 Å². The summed E-state index contributed by atoms with van der Waals surface area (Å²) < 4.78 is 0. The van der Waals surface area contributed by atoms with Crippen LogP contribution in [0.25, 0.3) is 0 Å². The molecule has 0 amide bonds. The highest BCUT2D eigenvalue weighted by Gasteiger charge is 2.44. The predicted molar refractivity (Wildman–Crippen MR) is 110 cm³/mol. The molecular formula is C26H28. The highest BCUT2D eigenvalue weighted by molar-refractivity contribution is 5.51. The Kier molecular flexibility index (Phi) is 4.93. The smallest absolute Gasteiger partial charge is 0.0479 e. The van der Waals surface area contributed by atoms with E-state index in [0.717, 1.165) is 5.92 Å². The molecule has 0 heteroatoms. The zero-order valence-electron chi connectivity index (χ0n) is 15.6. The first-order valence-electron chi connectivity index (χ1n) is 9.98. The van der Waals surface area contributed by atoms with Gasteiger partial charge in [0.1, 0.15) is 0 Å². The summed E-state index contributed by atoms with van der Waals surface area (Å²) in [5, 5.41) is 0. The van der Waals surface area contributed by atoms with Crippen LogP contribution in [0.3, 0.4) is 0 Å². The summed E-state index contributed by atoms with van der Waals surface area (Å²) in [7, 11) is 0. The van der Waals surface area contributed by atoms with Gasteiger partial charge in [-0.05, 0) is 41.4 Å². The summed E-state index contributed by atoms with van der Waals surface area (Å²) in [5.74, 6) is 1.48. The Morgan fingerprint density at radius 2 is 0.885 bits per heavy atom. The van der Waals surface area contributed by atoms with Crippen LogP contribution < -0.4 is 0 Å². The zero-order chi connectivity index (χ0) is 17.8. The second-order valence-corrected chi connectivity index (χ2v) is 7.86. The molecular weight excluding hydrogens is 312 g/mol. The third kappa shape index (κ3) is 2.98. The molecule has 0 spiro atoms. The van der Waals surface area contributed by atoms with Gasteiger partial charge in [-0.15, -0.1) is 0 Å². The fraction of sp³-hybridized carbons (Fsp3) is 0.308. The monoisotopic (exact) mass is 340 g/mol. The average molecular weight is 341 g/mol. The molecule has 26 heavy (non-hydrogen) atoms. The van der Waals surface area contributed by atoms with Crippen molar-refractivity contribution in [2.45, 2.75) is 38.0 Å². The standard InChI is InChI=1S/C26H28/c1-21-17-19-25(20-18-21)26(22-11-5-2-6-12-22,23-13-7-3-8-14-23)24-15-9-4-10-16-24/h2-16,21,25H,17-20H2,1H3. The highest BCUT2D eigenvalue weighted by atomic mass is 14.5. The molecule has 0 bridgehead atoms. The van der Waals surface area contributed by atoms with Crippen LogP contribution in [-0.4, -0.2) is 0 Å². The summed E-state index contributed by atoms with van der Waals surface area (Å²) >= 11 is 0. The molecule has 0 aliphatic heterocycles. The molecule has 1 aliphatic carbocycles. The van der Waals surface area contributed by atoms with Crippen molar-refractivity contribution in [2.75, 3.05) is 0 Å². The van der Waals surface area contributed by atoms with Gasteiger partial charge in [0.25, 0.3) is 0 Å². The van der Waals surface area contributed by atoms with E-state index in [1.807, 2.05) is 0 Å². The highest BCUT2D eigenvalue weighted by Crippen LogP contribution is 2.50. The van der Waals surface area contributed by atoms with E-state index in [2.05, 4.69) is 97.9 Å². The first-order valence-corrected chi connectivity index (χ1v) is 9.98. The minimum Gasteiger partial charge on any atom is -0.0625 e. The molecule has 1 aliphatic rings. The largest absolute Gasteiger partial charge is 0.0625 e. The Labute approximate surface area is 157 Å². The van der Waals surface area contributed by atoms with E-state index in [1.165, 1.54) is 42.4 Å². The van der Waals surface area contributed by atoms with Gasteiger partial charge in [0.05, 0.1) is 0 Å². The van der Waals surface area contributed by atoms with Gasteiger partial charge in [0.15, 0.2) is 0 Å². The van der Waals surface area contributed by atoms with Gasteiger partial charge >= 0.3 is 0 Å². The molecule has 0 atom stereocenters. The van der Waals surface area contributed by atoms with Crippen molar-refractivity contribution in [3.63, 3.8) is 0 Å². The number of hydrogen-bond acceptors (Lipinski definition) is 0. The van der Waals surface area contributed by atoms with Gasteiger partial charge in [0.2, 0.25) is 0 Å².